The molecular weight excluding hydrogens is 360 g/mol. The van der Waals surface area contributed by atoms with Crippen LogP contribution in [0.1, 0.15) is 136 Å². The van der Waals surface area contributed by atoms with E-state index < -0.39 is 15.1 Å². The van der Waals surface area contributed by atoms with Gasteiger partial charge >= 0.3 is 0 Å². The lowest BCUT2D eigenvalue weighted by Gasteiger charge is -2.24. The van der Waals surface area contributed by atoms with Gasteiger partial charge in [0.05, 0.1) is 0 Å². The van der Waals surface area contributed by atoms with E-state index in [2.05, 4.69) is 13.8 Å². The fraction of sp³-hybridized carbons (Fsp3) is 1.00. The molecular formula is C22H46O4S. The molecule has 1 atom stereocenters. The highest BCUT2D eigenvalue weighted by atomic mass is 32.2. The van der Waals surface area contributed by atoms with Crippen molar-refractivity contribution in [2.75, 3.05) is 0 Å². The number of hydrogen-bond donors (Lipinski definition) is 2. The predicted octanol–water partition coefficient (Wildman–Crippen LogP) is 7.01. The van der Waals surface area contributed by atoms with Crippen molar-refractivity contribution in [2.45, 2.75) is 141 Å². The lowest BCUT2D eigenvalue weighted by Crippen LogP contribution is -2.38. The van der Waals surface area contributed by atoms with Crippen LogP contribution >= 0.6 is 0 Å². The molecule has 0 saturated heterocycles. The third-order valence-corrected chi connectivity index (χ3v) is 6.94. The second kappa shape index (κ2) is 16.8. The summed E-state index contributed by atoms with van der Waals surface area (Å²) in [6.07, 6.45) is 19.4. The standard InChI is InChI=1S/C22H46O4S/c1-3-5-7-9-11-12-13-15-17-19-21-22(23,27(24,25)26)20-18-16-14-10-8-6-4-2/h23H,3-21H2,1-2H3,(H,24,25,26). The molecule has 0 spiro atoms. The van der Waals surface area contributed by atoms with Crippen LogP contribution in [0, 0.1) is 0 Å². The van der Waals surface area contributed by atoms with E-state index in [1.165, 1.54) is 64.2 Å². The van der Waals surface area contributed by atoms with Crippen molar-refractivity contribution in [3.05, 3.63) is 0 Å². The van der Waals surface area contributed by atoms with Gasteiger partial charge in [-0.15, -0.1) is 0 Å². The number of rotatable bonds is 20. The van der Waals surface area contributed by atoms with Gasteiger partial charge < -0.3 is 5.11 Å². The highest BCUT2D eigenvalue weighted by molar-refractivity contribution is 7.87. The van der Waals surface area contributed by atoms with E-state index in [-0.39, 0.29) is 12.8 Å². The smallest absolute Gasteiger partial charge is 0.294 e. The van der Waals surface area contributed by atoms with Crippen LogP contribution in [0.5, 0.6) is 0 Å². The number of hydrogen-bond acceptors (Lipinski definition) is 3. The van der Waals surface area contributed by atoms with Crippen LogP contribution in [0.4, 0.5) is 0 Å². The van der Waals surface area contributed by atoms with Gasteiger partial charge in [0.1, 0.15) is 0 Å². The fourth-order valence-corrected chi connectivity index (χ4v) is 4.43. The first-order chi connectivity index (χ1) is 12.9. The lowest BCUT2D eigenvalue weighted by atomic mass is 10.0. The summed E-state index contributed by atoms with van der Waals surface area (Å²) in [7, 11) is -4.42. The van der Waals surface area contributed by atoms with Gasteiger partial charge in [-0.05, 0) is 25.7 Å². The minimum absolute atomic E-state index is 0.150. The van der Waals surface area contributed by atoms with Crippen LogP contribution < -0.4 is 0 Å². The summed E-state index contributed by atoms with van der Waals surface area (Å²) in [6.45, 7) is 4.40. The molecule has 5 heteroatoms. The zero-order valence-electron chi connectivity index (χ0n) is 18.1. The molecule has 4 nitrogen and oxygen atoms in total. The Morgan fingerprint density at radius 3 is 1.07 bits per heavy atom. The van der Waals surface area contributed by atoms with Crippen molar-refractivity contribution < 1.29 is 18.1 Å². The van der Waals surface area contributed by atoms with E-state index >= 15 is 0 Å². The average molecular weight is 407 g/mol. The summed E-state index contributed by atoms with van der Waals surface area (Å²) in [6, 6.07) is 0. The Bertz CT molecular complexity index is 422. The summed E-state index contributed by atoms with van der Waals surface area (Å²) in [5, 5.41) is 10.5. The van der Waals surface area contributed by atoms with Gasteiger partial charge in [0, 0.05) is 0 Å². The molecule has 0 radical (unpaired) electrons. The van der Waals surface area contributed by atoms with Crippen LogP contribution in [0.3, 0.4) is 0 Å². The summed E-state index contributed by atoms with van der Waals surface area (Å²) in [5.41, 5.74) is 0. The van der Waals surface area contributed by atoms with Gasteiger partial charge in [-0.2, -0.15) is 8.42 Å². The zero-order valence-corrected chi connectivity index (χ0v) is 18.9. The SMILES string of the molecule is CCCCCCCCCCCCC(O)(CCCCCCCCC)S(=O)(=O)O. The second-order valence-electron chi connectivity index (χ2n) is 8.22. The van der Waals surface area contributed by atoms with Crippen LogP contribution in [-0.2, 0) is 10.1 Å². The van der Waals surface area contributed by atoms with Crippen molar-refractivity contribution in [1.82, 2.24) is 0 Å². The van der Waals surface area contributed by atoms with E-state index in [9.17, 15) is 18.1 Å². The van der Waals surface area contributed by atoms with Crippen LogP contribution in [-0.4, -0.2) is 23.0 Å². The Balaban J connectivity index is 3.89. The molecule has 0 bridgehead atoms. The van der Waals surface area contributed by atoms with Crippen molar-refractivity contribution >= 4 is 10.1 Å². The molecule has 0 fully saturated rings. The van der Waals surface area contributed by atoms with E-state index in [4.69, 9.17) is 0 Å². The van der Waals surface area contributed by atoms with E-state index in [0.717, 1.165) is 32.1 Å². The number of aliphatic hydroxyl groups is 1. The fourth-order valence-electron chi connectivity index (χ4n) is 3.63. The van der Waals surface area contributed by atoms with Gasteiger partial charge in [0.25, 0.3) is 10.1 Å². The summed E-state index contributed by atoms with van der Waals surface area (Å²) in [4.78, 5) is -1.95. The van der Waals surface area contributed by atoms with Crippen LogP contribution in [0.15, 0.2) is 0 Å². The molecule has 164 valence electrons. The van der Waals surface area contributed by atoms with Crippen molar-refractivity contribution in [1.29, 1.82) is 0 Å². The minimum Gasteiger partial charge on any atom is -0.372 e. The van der Waals surface area contributed by atoms with E-state index in [0.29, 0.717) is 12.8 Å². The summed E-state index contributed by atoms with van der Waals surface area (Å²) in [5.74, 6) is 0. The molecule has 0 aliphatic carbocycles. The van der Waals surface area contributed by atoms with Gasteiger partial charge in [0.2, 0.25) is 0 Å². The molecule has 0 aromatic rings. The Hall–Kier alpha value is -0.130. The quantitative estimate of drug-likeness (QED) is 0.168. The maximum absolute atomic E-state index is 11.7. The zero-order chi connectivity index (χ0) is 20.4. The maximum Gasteiger partial charge on any atom is 0.294 e. The van der Waals surface area contributed by atoms with Gasteiger partial charge in [-0.3, -0.25) is 4.55 Å². The lowest BCUT2D eigenvalue weighted by molar-refractivity contribution is 0.0884. The van der Waals surface area contributed by atoms with Gasteiger partial charge in [-0.1, -0.05) is 110 Å². The van der Waals surface area contributed by atoms with E-state index in [1.54, 1.807) is 0 Å². The third kappa shape index (κ3) is 14.5. The molecule has 0 heterocycles. The Labute approximate surface area is 169 Å². The molecule has 0 aromatic carbocycles. The Kier molecular flexibility index (Phi) is 16.7. The van der Waals surface area contributed by atoms with Crippen molar-refractivity contribution in [3.8, 4) is 0 Å². The first-order valence-corrected chi connectivity index (χ1v) is 13.0. The Morgan fingerprint density at radius 2 is 0.815 bits per heavy atom. The molecule has 0 rings (SSSR count). The molecule has 0 aliphatic heterocycles. The predicted molar refractivity (Wildman–Crippen MR) is 116 cm³/mol. The molecule has 2 N–H and O–H groups in total. The molecule has 1 unspecified atom stereocenters. The molecule has 27 heavy (non-hydrogen) atoms. The molecule has 0 aliphatic rings. The van der Waals surface area contributed by atoms with Crippen molar-refractivity contribution in [2.24, 2.45) is 0 Å². The average Bonchev–Trinajstić information content (AvgIpc) is 2.61. The first-order valence-electron chi connectivity index (χ1n) is 11.6. The first kappa shape index (κ1) is 26.9. The van der Waals surface area contributed by atoms with E-state index in [1.807, 2.05) is 0 Å². The maximum atomic E-state index is 11.7. The summed E-state index contributed by atoms with van der Waals surface area (Å²) >= 11 is 0. The normalized spacial score (nSPS) is 14.4. The Morgan fingerprint density at radius 1 is 0.556 bits per heavy atom. The monoisotopic (exact) mass is 406 g/mol. The van der Waals surface area contributed by atoms with Crippen LogP contribution in [0.25, 0.3) is 0 Å². The highest BCUT2D eigenvalue weighted by Crippen LogP contribution is 2.28. The molecule has 0 aromatic heterocycles. The third-order valence-electron chi connectivity index (χ3n) is 5.57. The van der Waals surface area contributed by atoms with Crippen LogP contribution in [0.2, 0.25) is 0 Å². The number of unbranched alkanes of at least 4 members (excludes halogenated alkanes) is 15. The van der Waals surface area contributed by atoms with Crippen molar-refractivity contribution in [3.63, 3.8) is 0 Å². The second-order valence-corrected chi connectivity index (χ2v) is 9.93. The topological polar surface area (TPSA) is 74.6 Å². The van der Waals surface area contributed by atoms with Gasteiger partial charge in [-0.25, -0.2) is 0 Å². The highest BCUT2D eigenvalue weighted by Gasteiger charge is 2.39. The van der Waals surface area contributed by atoms with Gasteiger partial charge in [0.15, 0.2) is 4.93 Å². The molecule has 0 amide bonds. The molecule has 0 saturated carbocycles. The minimum atomic E-state index is -4.42. The summed E-state index contributed by atoms with van der Waals surface area (Å²) < 4.78 is 32.8. The largest absolute Gasteiger partial charge is 0.372 e.